The Balaban J connectivity index is 1.84. The zero-order valence-electron chi connectivity index (χ0n) is 10.4. The molecule has 20 heavy (non-hydrogen) atoms. The summed E-state index contributed by atoms with van der Waals surface area (Å²) in [5.41, 5.74) is 0.696. The number of hydrogen-bond donors (Lipinski definition) is 0. The monoisotopic (exact) mass is 308 g/mol. The van der Waals surface area contributed by atoms with Gasteiger partial charge in [-0.3, -0.25) is 0 Å². The molecule has 0 nitrogen and oxygen atoms in total. The number of fused-ring (bicyclic) bond motifs is 1. The van der Waals surface area contributed by atoms with Crippen LogP contribution in [0.5, 0.6) is 0 Å². The lowest BCUT2D eigenvalue weighted by atomic mass is 10.1. The van der Waals surface area contributed by atoms with Crippen molar-refractivity contribution in [3.05, 3.63) is 70.6 Å². The second-order valence-corrected chi connectivity index (χ2v) is 6.25. The minimum absolute atomic E-state index is 0.239. The van der Waals surface area contributed by atoms with Crippen LogP contribution < -0.4 is 0 Å². The number of alkyl halides is 1. The maximum atomic E-state index is 13.2. The summed E-state index contributed by atoms with van der Waals surface area (Å²) in [6, 6.07) is 14.0. The fraction of sp³-hybridized carbons (Fsp3) is 0.125. The van der Waals surface area contributed by atoms with Crippen molar-refractivity contribution < 1.29 is 8.78 Å². The van der Waals surface area contributed by atoms with Crippen LogP contribution in [0.2, 0.25) is 0 Å². The van der Waals surface area contributed by atoms with E-state index in [2.05, 4.69) is 6.07 Å². The third-order valence-corrected chi connectivity index (χ3v) is 4.90. The third-order valence-electron chi connectivity index (χ3n) is 3.15. The van der Waals surface area contributed by atoms with Crippen molar-refractivity contribution in [3.63, 3.8) is 0 Å². The Morgan fingerprint density at radius 1 is 1.00 bits per heavy atom. The molecule has 3 aromatic rings. The highest BCUT2D eigenvalue weighted by Gasteiger charge is 2.13. The van der Waals surface area contributed by atoms with Gasteiger partial charge < -0.3 is 0 Å². The summed E-state index contributed by atoms with van der Waals surface area (Å²) in [7, 11) is 0. The summed E-state index contributed by atoms with van der Waals surface area (Å²) in [5.74, 6) is -1.66. The average Bonchev–Trinajstić information content (AvgIpc) is 2.87. The van der Waals surface area contributed by atoms with Crippen LogP contribution in [0.4, 0.5) is 8.78 Å². The molecule has 0 aliphatic heterocycles. The van der Waals surface area contributed by atoms with Crippen LogP contribution >= 0.6 is 22.9 Å². The van der Waals surface area contributed by atoms with E-state index in [9.17, 15) is 8.78 Å². The zero-order chi connectivity index (χ0) is 14.1. The van der Waals surface area contributed by atoms with Crippen LogP contribution in [0, 0.1) is 11.6 Å². The standard InChI is InChI=1S/C16H11ClF2S/c17-12(7-10-5-6-13(18)14(19)8-10)16-9-11-3-1-2-4-15(11)20-16/h1-6,8-9,12H,7H2. The molecule has 102 valence electrons. The van der Waals surface area contributed by atoms with Crippen LogP contribution in [-0.2, 0) is 6.42 Å². The highest BCUT2D eigenvalue weighted by molar-refractivity contribution is 7.19. The molecule has 1 aromatic heterocycles. The molecule has 2 aromatic carbocycles. The zero-order valence-corrected chi connectivity index (χ0v) is 12.0. The lowest BCUT2D eigenvalue weighted by Gasteiger charge is -2.07. The van der Waals surface area contributed by atoms with Crippen molar-refractivity contribution in [1.29, 1.82) is 0 Å². The minimum atomic E-state index is -0.832. The Morgan fingerprint density at radius 3 is 2.55 bits per heavy atom. The van der Waals surface area contributed by atoms with Crippen molar-refractivity contribution in [2.45, 2.75) is 11.8 Å². The first kappa shape index (κ1) is 13.5. The Labute approximate surface area is 124 Å². The van der Waals surface area contributed by atoms with Gasteiger partial charge in [0.1, 0.15) is 0 Å². The molecular weight excluding hydrogens is 298 g/mol. The third kappa shape index (κ3) is 2.69. The first-order valence-corrected chi connectivity index (χ1v) is 7.45. The Morgan fingerprint density at radius 2 is 1.80 bits per heavy atom. The van der Waals surface area contributed by atoms with Crippen molar-refractivity contribution in [1.82, 2.24) is 0 Å². The largest absolute Gasteiger partial charge is 0.204 e. The highest BCUT2D eigenvalue weighted by atomic mass is 35.5. The molecule has 0 aliphatic rings. The predicted octanol–water partition coefficient (Wildman–Crippen LogP) is 5.70. The smallest absolute Gasteiger partial charge is 0.159 e. The predicted molar refractivity (Wildman–Crippen MR) is 80.5 cm³/mol. The van der Waals surface area contributed by atoms with E-state index in [1.165, 1.54) is 10.8 Å². The summed E-state index contributed by atoms with van der Waals surface area (Å²) in [6.07, 6.45) is 0.478. The lowest BCUT2D eigenvalue weighted by molar-refractivity contribution is 0.507. The summed E-state index contributed by atoms with van der Waals surface area (Å²) in [5, 5.41) is 0.917. The molecular formula is C16H11ClF2S. The van der Waals surface area contributed by atoms with Crippen LogP contribution in [0.1, 0.15) is 15.8 Å². The van der Waals surface area contributed by atoms with Gasteiger partial charge in [-0.25, -0.2) is 8.78 Å². The van der Waals surface area contributed by atoms with E-state index in [0.717, 1.165) is 16.3 Å². The lowest BCUT2D eigenvalue weighted by Crippen LogP contribution is -1.95. The first-order valence-electron chi connectivity index (χ1n) is 6.20. The molecule has 0 N–H and O–H groups in total. The molecule has 0 fully saturated rings. The van der Waals surface area contributed by atoms with Gasteiger partial charge in [0.15, 0.2) is 11.6 Å². The molecule has 4 heteroatoms. The van der Waals surface area contributed by atoms with Gasteiger partial charge in [0.05, 0.1) is 5.38 Å². The Hall–Kier alpha value is -1.45. The SMILES string of the molecule is Fc1ccc(CC(Cl)c2cc3ccccc3s2)cc1F. The first-order chi connectivity index (χ1) is 9.63. The topological polar surface area (TPSA) is 0 Å². The fourth-order valence-corrected chi connectivity index (χ4v) is 3.55. The van der Waals surface area contributed by atoms with Crippen LogP contribution in [0.15, 0.2) is 48.5 Å². The molecule has 0 aliphatic carbocycles. The van der Waals surface area contributed by atoms with Gasteiger partial charge in [-0.1, -0.05) is 24.3 Å². The van der Waals surface area contributed by atoms with Crippen LogP contribution in [-0.4, -0.2) is 0 Å². The van der Waals surface area contributed by atoms with Gasteiger partial charge in [-0.05, 0) is 41.6 Å². The van der Waals surface area contributed by atoms with E-state index < -0.39 is 11.6 Å². The number of halogens is 3. The van der Waals surface area contributed by atoms with Crippen LogP contribution in [0.25, 0.3) is 10.1 Å². The van der Waals surface area contributed by atoms with Gasteiger partial charge in [0.2, 0.25) is 0 Å². The number of rotatable bonds is 3. The van der Waals surface area contributed by atoms with Gasteiger partial charge in [-0.15, -0.1) is 22.9 Å². The Kier molecular flexibility index (Phi) is 3.72. The molecule has 0 saturated heterocycles. The average molecular weight is 309 g/mol. The van der Waals surface area contributed by atoms with Gasteiger partial charge in [0.25, 0.3) is 0 Å². The van der Waals surface area contributed by atoms with E-state index in [-0.39, 0.29) is 5.38 Å². The van der Waals surface area contributed by atoms with Crippen LogP contribution in [0.3, 0.4) is 0 Å². The molecule has 1 unspecified atom stereocenters. The second kappa shape index (κ2) is 5.51. The molecule has 0 spiro atoms. The van der Waals surface area contributed by atoms with E-state index in [1.54, 1.807) is 17.4 Å². The van der Waals surface area contributed by atoms with Crippen molar-refractivity contribution in [2.75, 3.05) is 0 Å². The minimum Gasteiger partial charge on any atom is -0.204 e. The summed E-state index contributed by atoms with van der Waals surface area (Å²) < 4.78 is 27.3. The van der Waals surface area contributed by atoms with Gasteiger partial charge >= 0.3 is 0 Å². The van der Waals surface area contributed by atoms with E-state index in [0.29, 0.717) is 12.0 Å². The molecule has 0 amide bonds. The fourth-order valence-electron chi connectivity index (χ4n) is 2.13. The number of thiophene rings is 1. The maximum Gasteiger partial charge on any atom is 0.159 e. The quantitative estimate of drug-likeness (QED) is 0.544. The molecule has 3 rings (SSSR count). The van der Waals surface area contributed by atoms with Crippen molar-refractivity contribution >= 4 is 33.0 Å². The van der Waals surface area contributed by atoms with E-state index in [4.69, 9.17) is 11.6 Å². The Bertz CT molecular complexity index is 718. The second-order valence-electron chi connectivity index (χ2n) is 4.61. The molecule has 1 heterocycles. The highest BCUT2D eigenvalue weighted by Crippen LogP contribution is 2.35. The summed E-state index contributed by atoms with van der Waals surface area (Å²) >= 11 is 8.03. The molecule has 1 atom stereocenters. The molecule has 0 saturated carbocycles. The van der Waals surface area contributed by atoms with Gasteiger partial charge in [-0.2, -0.15) is 0 Å². The van der Waals surface area contributed by atoms with E-state index >= 15 is 0 Å². The van der Waals surface area contributed by atoms with Gasteiger partial charge in [0, 0.05) is 9.58 Å². The van der Waals surface area contributed by atoms with Crippen molar-refractivity contribution in [2.24, 2.45) is 0 Å². The van der Waals surface area contributed by atoms with Crippen molar-refractivity contribution in [3.8, 4) is 0 Å². The normalized spacial score (nSPS) is 12.8. The summed E-state index contributed by atoms with van der Waals surface area (Å²) in [4.78, 5) is 1.04. The maximum absolute atomic E-state index is 13.2. The molecule has 0 bridgehead atoms. The van der Waals surface area contributed by atoms with E-state index in [1.807, 2.05) is 24.3 Å². The number of hydrogen-bond acceptors (Lipinski definition) is 1. The summed E-state index contributed by atoms with van der Waals surface area (Å²) in [6.45, 7) is 0. The number of benzene rings is 2. The molecule has 0 radical (unpaired) electrons.